The fourth-order valence-corrected chi connectivity index (χ4v) is 1.83. The van der Waals surface area contributed by atoms with Crippen LogP contribution in [0.25, 0.3) is 0 Å². The normalized spacial score (nSPS) is 12.2. The Morgan fingerprint density at radius 3 is 2.62 bits per heavy atom. The van der Waals surface area contributed by atoms with Crippen molar-refractivity contribution < 1.29 is 4.79 Å². The van der Waals surface area contributed by atoms with Crippen molar-refractivity contribution in [2.75, 3.05) is 12.8 Å². The predicted octanol–water partition coefficient (Wildman–Crippen LogP) is 3.32. The predicted molar refractivity (Wildman–Crippen MR) is 74.1 cm³/mol. The number of amides is 1. The first-order valence-corrected chi connectivity index (χ1v) is 7.28. The Balaban J connectivity index is 2.38. The summed E-state index contributed by atoms with van der Waals surface area (Å²) in [5.74, 6) is 0.000744. The van der Waals surface area contributed by atoms with Gasteiger partial charge in [-0.15, -0.1) is 0 Å². The third-order valence-electron chi connectivity index (χ3n) is 2.35. The molecule has 1 N–H and O–H groups in total. The van der Waals surface area contributed by atoms with E-state index in [-0.39, 0.29) is 5.91 Å². The molecule has 1 aromatic carbocycles. The van der Waals surface area contributed by atoms with Crippen molar-refractivity contribution in [1.82, 2.24) is 5.32 Å². The Morgan fingerprint density at radius 1 is 1.44 bits per heavy atom. The largest absolute Gasteiger partial charge is 0.352 e. The van der Waals surface area contributed by atoms with E-state index in [9.17, 15) is 4.79 Å². The van der Waals surface area contributed by atoms with Crippen LogP contribution in [0.4, 0.5) is 0 Å². The van der Waals surface area contributed by atoms with E-state index < -0.39 is 0 Å². The van der Waals surface area contributed by atoms with Crippen LogP contribution < -0.4 is 5.32 Å². The lowest BCUT2D eigenvalue weighted by Gasteiger charge is -2.09. The van der Waals surface area contributed by atoms with E-state index in [1.165, 1.54) is 0 Å². The molecule has 1 amide bonds. The molecule has 0 aliphatic rings. The average Bonchev–Trinajstić information content (AvgIpc) is 2.29. The van der Waals surface area contributed by atoms with E-state index >= 15 is 0 Å². The Morgan fingerprint density at radius 2 is 2.06 bits per heavy atom. The van der Waals surface area contributed by atoms with E-state index in [4.69, 9.17) is 0 Å². The van der Waals surface area contributed by atoms with E-state index in [0.29, 0.717) is 10.8 Å². The minimum absolute atomic E-state index is 0.000744. The molecule has 4 heteroatoms. The standard InChI is InChI=1S/C12H16BrNOS/c1-9(16-2)7-8-14-12(15)10-3-5-11(13)6-4-10/h3-6,9H,7-8H2,1-2H3,(H,14,15). The first-order chi connectivity index (χ1) is 7.63. The number of hydrogen-bond donors (Lipinski definition) is 1. The number of hydrogen-bond acceptors (Lipinski definition) is 2. The van der Waals surface area contributed by atoms with Crippen molar-refractivity contribution in [3.63, 3.8) is 0 Å². The van der Waals surface area contributed by atoms with Crippen LogP contribution in [0.15, 0.2) is 28.7 Å². The van der Waals surface area contributed by atoms with Crippen LogP contribution in [0.1, 0.15) is 23.7 Å². The lowest BCUT2D eigenvalue weighted by Crippen LogP contribution is -2.25. The second kappa shape index (κ2) is 6.97. The van der Waals surface area contributed by atoms with Crippen LogP contribution >= 0.6 is 27.7 Å². The van der Waals surface area contributed by atoms with Gasteiger partial charge in [0.05, 0.1) is 0 Å². The zero-order valence-electron chi connectivity index (χ0n) is 9.50. The Hall–Kier alpha value is -0.480. The lowest BCUT2D eigenvalue weighted by molar-refractivity contribution is 0.0953. The maximum atomic E-state index is 11.7. The smallest absolute Gasteiger partial charge is 0.251 e. The molecule has 0 fully saturated rings. The van der Waals surface area contributed by atoms with Gasteiger partial charge in [0.1, 0.15) is 0 Å². The number of nitrogens with one attached hydrogen (secondary N) is 1. The Bertz CT molecular complexity index is 339. The number of benzene rings is 1. The highest BCUT2D eigenvalue weighted by molar-refractivity contribution is 9.10. The monoisotopic (exact) mass is 301 g/mol. The Labute approximate surface area is 109 Å². The quantitative estimate of drug-likeness (QED) is 0.904. The van der Waals surface area contributed by atoms with Gasteiger partial charge in [-0.1, -0.05) is 22.9 Å². The van der Waals surface area contributed by atoms with E-state index in [1.54, 1.807) is 0 Å². The number of rotatable bonds is 5. The Kier molecular flexibility index (Phi) is 5.91. The summed E-state index contributed by atoms with van der Waals surface area (Å²) in [6.07, 6.45) is 3.09. The molecular weight excluding hydrogens is 286 g/mol. The second-order valence-corrected chi connectivity index (χ2v) is 5.79. The van der Waals surface area contributed by atoms with Gasteiger partial charge in [-0.3, -0.25) is 4.79 Å². The molecule has 0 spiro atoms. The van der Waals surface area contributed by atoms with Gasteiger partial charge in [-0.05, 0) is 36.9 Å². The fourth-order valence-electron chi connectivity index (χ4n) is 1.21. The minimum atomic E-state index is 0.000744. The highest BCUT2D eigenvalue weighted by atomic mass is 79.9. The van der Waals surface area contributed by atoms with Gasteiger partial charge in [0.15, 0.2) is 0 Å². The first kappa shape index (κ1) is 13.6. The molecule has 1 aromatic rings. The molecule has 16 heavy (non-hydrogen) atoms. The summed E-state index contributed by atoms with van der Waals surface area (Å²) in [7, 11) is 0. The summed E-state index contributed by atoms with van der Waals surface area (Å²) in [5, 5.41) is 3.50. The topological polar surface area (TPSA) is 29.1 Å². The van der Waals surface area contributed by atoms with E-state index in [1.807, 2.05) is 36.0 Å². The van der Waals surface area contributed by atoms with Crippen molar-refractivity contribution in [2.45, 2.75) is 18.6 Å². The summed E-state index contributed by atoms with van der Waals surface area (Å²) in [5.41, 5.74) is 0.708. The van der Waals surface area contributed by atoms with Crippen LogP contribution in [0.3, 0.4) is 0 Å². The van der Waals surface area contributed by atoms with Crippen molar-refractivity contribution in [3.8, 4) is 0 Å². The molecule has 0 aliphatic carbocycles. The number of carbonyl (C=O) groups is 1. The van der Waals surface area contributed by atoms with Crippen LogP contribution in [0.5, 0.6) is 0 Å². The third-order valence-corrected chi connectivity index (χ3v) is 3.91. The highest BCUT2D eigenvalue weighted by Gasteiger charge is 2.05. The first-order valence-electron chi connectivity index (χ1n) is 5.20. The molecule has 1 rings (SSSR count). The summed E-state index contributed by atoms with van der Waals surface area (Å²) < 4.78 is 0.986. The molecule has 0 aromatic heterocycles. The van der Waals surface area contributed by atoms with Gasteiger partial charge in [0, 0.05) is 21.8 Å². The van der Waals surface area contributed by atoms with Gasteiger partial charge in [0.25, 0.3) is 5.91 Å². The van der Waals surface area contributed by atoms with Gasteiger partial charge < -0.3 is 5.32 Å². The minimum Gasteiger partial charge on any atom is -0.352 e. The summed E-state index contributed by atoms with van der Waals surface area (Å²) >= 11 is 5.16. The molecule has 0 saturated heterocycles. The summed E-state index contributed by atoms with van der Waals surface area (Å²) in [6, 6.07) is 7.38. The average molecular weight is 302 g/mol. The molecule has 0 radical (unpaired) electrons. The van der Waals surface area contributed by atoms with Crippen LogP contribution in [0, 0.1) is 0 Å². The maximum absolute atomic E-state index is 11.7. The number of halogens is 1. The SMILES string of the molecule is CSC(C)CCNC(=O)c1ccc(Br)cc1. The maximum Gasteiger partial charge on any atom is 0.251 e. The molecule has 0 saturated carbocycles. The van der Waals surface area contributed by atoms with Crippen LogP contribution in [0.2, 0.25) is 0 Å². The molecule has 0 aliphatic heterocycles. The summed E-state index contributed by atoms with van der Waals surface area (Å²) in [6.45, 7) is 2.90. The zero-order valence-corrected chi connectivity index (χ0v) is 11.9. The highest BCUT2D eigenvalue weighted by Crippen LogP contribution is 2.11. The van der Waals surface area contributed by atoms with Crippen LogP contribution in [-0.2, 0) is 0 Å². The van der Waals surface area contributed by atoms with Crippen molar-refractivity contribution >= 4 is 33.6 Å². The van der Waals surface area contributed by atoms with E-state index in [2.05, 4.69) is 34.4 Å². The molecule has 2 nitrogen and oxygen atoms in total. The van der Waals surface area contributed by atoms with Crippen molar-refractivity contribution in [2.24, 2.45) is 0 Å². The molecule has 1 unspecified atom stereocenters. The number of thioether (sulfide) groups is 1. The number of carbonyl (C=O) groups excluding carboxylic acids is 1. The second-order valence-electron chi connectivity index (χ2n) is 3.60. The van der Waals surface area contributed by atoms with Gasteiger partial charge in [0.2, 0.25) is 0 Å². The van der Waals surface area contributed by atoms with Crippen molar-refractivity contribution in [1.29, 1.82) is 0 Å². The van der Waals surface area contributed by atoms with Gasteiger partial charge in [-0.25, -0.2) is 0 Å². The lowest BCUT2D eigenvalue weighted by atomic mass is 10.2. The molecule has 0 bridgehead atoms. The van der Waals surface area contributed by atoms with Crippen molar-refractivity contribution in [3.05, 3.63) is 34.3 Å². The molecular formula is C12H16BrNOS. The molecule has 1 atom stereocenters. The third kappa shape index (κ3) is 4.58. The fraction of sp³-hybridized carbons (Fsp3) is 0.417. The molecule has 0 heterocycles. The zero-order chi connectivity index (χ0) is 12.0. The van der Waals surface area contributed by atoms with Gasteiger partial charge >= 0.3 is 0 Å². The summed E-state index contributed by atoms with van der Waals surface area (Å²) in [4.78, 5) is 11.7. The van der Waals surface area contributed by atoms with Gasteiger partial charge in [-0.2, -0.15) is 11.8 Å². The molecule has 88 valence electrons. The van der Waals surface area contributed by atoms with E-state index in [0.717, 1.165) is 17.4 Å². The van der Waals surface area contributed by atoms with Crippen LogP contribution in [-0.4, -0.2) is 24.0 Å².